The van der Waals surface area contributed by atoms with Gasteiger partial charge in [0.1, 0.15) is 11.8 Å². The summed E-state index contributed by atoms with van der Waals surface area (Å²) in [5.74, 6) is -1.00. The largest absolute Gasteiger partial charge is 0.496 e. The third-order valence-electron chi connectivity index (χ3n) is 7.06. The van der Waals surface area contributed by atoms with Crippen molar-refractivity contribution in [3.63, 3.8) is 0 Å². The highest BCUT2D eigenvalue weighted by Crippen LogP contribution is 2.35. The molecule has 0 saturated carbocycles. The van der Waals surface area contributed by atoms with Crippen LogP contribution in [-0.2, 0) is 9.53 Å². The number of hydrogen-bond donors (Lipinski definition) is 1. The zero-order chi connectivity index (χ0) is 29.4. The number of aryl methyl sites for hydroxylation is 1. The standard InChI is InChI=1S/C31H29N3O6S/c1-6-40-30(38)26-18(3)32-31-34(27(26)23-12-7-8-13-24(23)39-5)28(35)25(41-31)16-21-14-17(2)33(19(21)4)22-11-9-10-20(15-22)29(36)37/h7-16,27H,6H2,1-5H3,(H,36,37)/t27-/m1/s1. The summed E-state index contributed by atoms with van der Waals surface area (Å²) in [6.07, 6.45) is 1.81. The highest BCUT2D eigenvalue weighted by molar-refractivity contribution is 7.07. The molecule has 0 radical (unpaired) electrons. The number of methoxy groups -OCH3 is 1. The lowest BCUT2D eigenvalue weighted by atomic mass is 9.95. The van der Waals surface area contributed by atoms with Crippen molar-refractivity contribution in [2.75, 3.05) is 13.7 Å². The Bertz CT molecular complexity index is 1910. The van der Waals surface area contributed by atoms with E-state index in [0.29, 0.717) is 32.0 Å². The summed E-state index contributed by atoms with van der Waals surface area (Å²) in [5.41, 5.74) is 4.56. The fourth-order valence-electron chi connectivity index (χ4n) is 5.23. The van der Waals surface area contributed by atoms with E-state index in [1.165, 1.54) is 15.9 Å². The molecule has 10 heteroatoms. The second kappa shape index (κ2) is 11.1. The Morgan fingerprint density at radius 1 is 1.10 bits per heavy atom. The molecule has 0 fully saturated rings. The van der Waals surface area contributed by atoms with E-state index in [2.05, 4.69) is 4.99 Å². The van der Waals surface area contributed by atoms with E-state index >= 15 is 0 Å². The van der Waals surface area contributed by atoms with Gasteiger partial charge in [0.25, 0.3) is 5.56 Å². The molecule has 41 heavy (non-hydrogen) atoms. The molecule has 0 amide bonds. The molecular weight excluding hydrogens is 542 g/mol. The summed E-state index contributed by atoms with van der Waals surface area (Å²) >= 11 is 1.24. The molecule has 210 valence electrons. The van der Waals surface area contributed by atoms with Gasteiger partial charge in [-0.3, -0.25) is 9.36 Å². The molecule has 1 aliphatic rings. The van der Waals surface area contributed by atoms with Gasteiger partial charge in [0.15, 0.2) is 4.80 Å². The van der Waals surface area contributed by atoms with E-state index in [9.17, 15) is 19.5 Å². The minimum absolute atomic E-state index is 0.184. The van der Waals surface area contributed by atoms with Crippen molar-refractivity contribution in [3.05, 3.63) is 114 Å². The molecule has 9 nitrogen and oxygen atoms in total. The minimum atomic E-state index is -1.00. The molecule has 0 saturated heterocycles. The van der Waals surface area contributed by atoms with Gasteiger partial charge < -0.3 is 19.1 Å². The SMILES string of the molecule is CCOC(=O)C1=C(C)N=c2sc(=Cc3cc(C)n(-c4cccc(C(=O)O)c4)c3C)c(=O)n2[C@@H]1c1ccccc1OC. The number of carbonyl (C=O) groups excluding carboxylic acids is 1. The quantitative estimate of drug-likeness (QED) is 0.337. The van der Waals surface area contributed by atoms with Crippen molar-refractivity contribution in [1.29, 1.82) is 0 Å². The number of benzene rings is 2. The third-order valence-corrected chi connectivity index (χ3v) is 8.04. The van der Waals surface area contributed by atoms with Crippen LogP contribution in [0.4, 0.5) is 0 Å². The molecular formula is C31H29N3O6S. The average molecular weight is 572 g/mol. The first-order chi connectivity index (χ1) is 19.7. The Morgan fingerprint density at radius 2 is 1.85 bits per heavy atom. The van der Waals surface area contributed by atoms with Crippen molar-refractivity contribution in [3.8, 4) is 11.4 Å². The van der Waals surface area contributed by atoms with Crippen LogP contribution in [-0.4, -0.2) is 39.9 Å². The van der Waals surface area contributed by atoms with Crippen LogP contribution < -0.4 is 19.6 Å². The van der Waals surface area contributed by atoms with Gasteiger partial charge in [-0.2, -0.15) is 0 Å². The summed E-state index contributed by atoms with van der Waals surface area (Å²) in [6.45, 7) is 7.50. The smallest absolute Gasteiger partial charge is 0.338 e. The van der Waals surface area contributed by atoms with Gasteiger partial charge in [0.2, 0.25) is 0 Å². The van der Waals surface area contributed by atoms with Gasteiger partial charge in [-0.25, -0.2) is 14.6 Å². The molecule has 0 bridgehead atoms. The average Bonchev–Trinajstić information content (AvgIpc) is 3.41. The number of aromatic carboxylic acids is 1. The first-order valence-corrected chi connectivity index (χ1v) is 13.8. The Hall–Kier alpha value is -4.70. The maximum Gasteiger partial charge on any atom is 0.338 e. The van der Waals surface area contributed by atoms with Crippen molar-refractivity contribution in [2.24, 2.45) is 4.99 Å². The predicted molar refractivity (Wildman–Crippen MR) is 156 cm³/mol. The maximum absolute atomic E-state index is 14.0. The molecule has 3 heterocycles. The topological polar surface area (TPSA) is 112 Å². The van der Waals surface area contributed by atoms with Gasteiger partial charge in [-0.1, -0.05) is 35.6 Å². The lowest BCUT2D eigenvalue weighted by Gasteiger charge is -2.25. The Morgan fingerprint density at radius 3 is 2.56 bits per heavy atom. The predicted octanol–water partition coefficient (Wildman–Crippen LogP) is 3.91. The maximum atomic E-state index is 14.0. The Kier molecular flexibility index (Phi) is 7.51. The van der Waals surface area contributed by atoms with Crippen molar-refractivity contribution in [2.45, 2.75) is 33.7 Å². The number of thiazole rings is 1. The number of para-hydroxylation sites is 1. The second-order valence-corrected chi connectivity index (χ2v) is 10.6. The normalized spacial score (nSPS) is 15.0. The third kappa shape index (κ3) is 4.91. The highest BCUT2D eigenvalue weighted by Gasteiger charge is 2.35. The number of hydrogen-bond acceptors (Lipinski definition) is 7. The number of nitrogens with zero attached hydrogens (tertiary/aromatic N) is 3. The molecule has 2 aromatic carbocycles. The van der Waals surface area contributed by atoms with Crippen LogP contribution in [0.3, 0.4) is 0 Å². The fourth-order valence-corrected chi connectivity index (χ4v) is 6.27. The van der Waals surface area contributed by atoms with Crippen molar-refractivity contribution in [1.82, 2.24) is 9.13 Å². The van der Waals surface area contributed by atoms with E-state index < -0.39 is 18.0 Å². The second-order valence-electron chi connectivity index (χ2n) is 9.56. The van der Waals surface area contributed by atoms with Crippen LogP contribution in [0, 0.1) is 13.8 Å². The number of allylic oxidation sites excluding steroid dienone is 1. The molecule has 1 aliphatic heterocycles. The van der Waals surface area contributed by atoms with E-state index in [0.717, 1.165) is 17.0 Å². The van der Waals surface area contributed by atoms with Gasteiger partial charge in [-0.15, -0.1) is 0 Å². The van der Waals surface area contributed by atoms with Gasteiger partial charge >= 0.3 is 11.9 Å². The Balaban J connectivity index is 1.70. The van der Waals surface area contributed by atoms with Crippen molar-refractivity contribution >= 4 is 29.4 Å². The number of carboxylic acids is 1. The molecule has 0 spiro atoms. The molecule has 5 rings (SSSR count). The van der Waals surface area contributed by atoms with Crippen LogP contribution in [0.15, 0.2) is 75.7 Å². The zero-order valence-corrected chi connectivity index (χ0v) is 24.1. The lowest BCUT2D eigenvalue weighted by molar-refractivity contribution is -0.139. The summed E-state index contributed by atoms with van der Waals surface area (Å²) < 4.78 is 14.9. The Labute approximate surface area is 239 Å². The van der Waals surface area contributed by atoms with Crippen LogP contribution in [0.5, 0.6) is 5.75 Å². The molecule has 2 aromatic heterocycles. The van der Waals surface area contributed by atoms with Gasteiger partial charge in [-0.05, 0) is 69.7 Å². The van der Waals surface area contributed by atoms with E-state index in [1.54, 1.807) is 45.2 Å². The summed E-state index contributed by atoms with van der Waals surface area (Å²) in [4.78, 5) is 43.8. The molecule has 4 aromatic rings. The van der Waals surface area contributed by atoms with Crippen LogP contribution >= 0.6 is 11.3 Å². The molecule has 0 aliphatic carbocycles. The number of carboxylic acid groups (broad SMARTS) is 1. The van der Waals surface area contributed by atoms with Gasteiger partial charge in [0.05, 0.1) is 35.1 Å². The molecule has 1 N–H and O–H groups in total. The summed E-state index contributed by atoms with van der Waals surface area (Å²) in [7, 11) is 1.55. The number of aromatic nitrogens is 2. The molecule has 0 unspecified atom stereocenters. The number of ether oxygens (including phenoxy) is 2. The number of rotatable bonds is 7. The first kappa shape index (κ1) is 27.9. The number of fused-ring (bicyclic) bond motifs is 1. The first-order valence-electron chi connectivity index (χ1n) is 13.0. The lowest BCUT2D eigenvalue weighted by Crippen LogP contribution is -2.40. The van der Waals surface area contributed by atoms with E-state index in [-0.39, 0.29) is 23.3 Å². The summed E-state index contributed by atoms with van der Waals surface area (Å²) in [5, 5.41) is 9.44. The number of esters is 1. The monoisotopic (exact) mass is 571 g/mol. The van der Waals surface area contributed by atoms with Crippen molar-refractivity contribution < 1.29 is 24.2 Å². The minimum Gasteiger partial charge on any atom is -0.496 e. The fraction of sp³-hybridized carbons (Fsp3) is 0.226. The van der Waals surface area contributed by atoms with E-state index in [4.69, 9.17) is 9.47 Å². The highest BCUT2D eigenvalue weighted by atomic mass is 32.1. The van der Waals surface area contributed by atoms with Crippen LogP contribution in [0.25, 0.3) is 11.8 Å². The van der Waals surface area contributed by atoms with Gasteiger partial charge in [0, 0.05) is 22.6 Å². The molecule has 1 atom stereocenters. The van der Waals surface area contributed by atoms with E-state index in [1.807, 2.05) is 54.8 Å². The summed E-state index contributed by atoms with van der Waals surface area (Å²) in [6, 6.07) is 15.2. The zero-order valence-electron chi connectivity index (χ0n) is 23.3. The van der Waals surface area contributed by atoms with Crippen LogP contribution in [0.2, 0.25) is 0 Å². The number of carbonyl (C=O) groups is 2. The van der Waals surface area contributed by atoms with Crippen LogP contribution in [0.1, 0.15) is 52.8 Å².